The van der Waals surface area contributed by atoms with Crippen molar-refractivity contribution in [3.05, 3.63) is 60.2 Å². The maximum Gasteiger partial charge on any atom is 0.0721 e. The molecule has 1 aromatic rings. The number of allylic oxidation sites excluding steroid dienone is 2. The molecule has 36 heavy (non-hydrogen) atoms. The van der Waals surface area contributed by atoms with E-state index in [-0.39, 0.29) is 0 Å². The van der Waals surface area contributed by atoms with Gasteiger partial charge in [-0.2, -0.15) is 0 Å². The van der Waals surface area contributed by atoms with Gasteiger partial charge in [-0.15, -0.1) is 6.58 Å². The minimum atomic E-state index is 0.627. The molecule has 0 spiro atoms. The van der Waals surface area contributed by atoms with Crippen LogP contribution in [0.15, 0.2) is 49.1 Å². The highest BCUT2D eigenvalue weighted by atomic mass is 16.5. The number of rotatable bonds is 17. The maximum absolute atomic E-state index is 5.53. The van der Waals surface area contributed by atoms with Crippen molar-refractivity contribution in [2.24, 2.45) is 23.7 Å². The zero-order valence-corrected chi connectivity index (χ0v) is 23.6. The van der Waals surface area contributed by atoms with Gasteiger partial charge < -0.3 is 4.74 Å². The molecule has 0 bridgehead atoms. The second kappa shape index (κ2) is 18.0. The van der Waals surface area contributed by atoms with E-state index in [9.17, 15) is 0 Å². The summed E-state index contributed by atoms with van der Waals surface area (Å²) >= 11 is 0. The summed E-state index contributed by atoms with van der Waals surface area (Å²) < 4.78 is 5.53. The highest BCUT2D eigenvalue weighted by Gasteiger charge is 2.22. The van der Waals surface area contributed by atoms with E-state index in [4.69, 9.17) is 4.74 Å². The van der Waals surface area contributed by atoms with Crippen molar-refractivity contribution in [1.82, 2.24) is 0 Å². The highest BCUT2D eigenvalue weighted by molar-refractivity contribution is 5.22. The van der Waals surface area contributed by atoms with Gasteiger partial charge in [0.25, 0.3) is 0 Å². The maximum atomic E-state index is 5.53. The number of aryl methyl sites for hydroxylation is 1. The predicted octanol–water partition coefficient (Wildman–Crippen LogP) is 10.6. The molecule has 2 aliphatic carbocycles. The standard InChI is InChI=1S/C35H56O/c1-3-5-6-11-30-16-18-31(19-17-30)12-7-8-13-32-20-22-33(23-21-32)14-9-10-15-34-24-26-35(27-25-34)29-36-28-4-2/h4,6,11,24-27,30-33H,2-3,5,7-10,12-23,28-29H2,1H3/b11-6+/t30-,31-,32?,33?. The molecule has 0 radical (unpaired) electrons. The predicted molar refractivity (Wildman–Crippen MR) is 157 cm³/mol. The van der Waals surface area contributed by atoms with Crippen LogP contribution in [0.1, 0.15) is 127 Å². The molecule has 0 heterocycles. The lowest BCUT2D eigenvalue weighted by Gasteiger charge is -2.29. The SMILES string of the molecule is C=CCOCc1ccc(CCCCC2CCC(CCCC[C@H]3CC[C@H](/C=C/CCC)CC3)CC2)cc1. The molecule has 1 nitrogen and oxygen atoms in total. The third-order valence-electron chi connectivity index (χ3n) is 9.05. The summed E-state index contributed by atoms with van der Waals surface area (Å²) in [6.45, 7) is 7.29. The van der Waals surface area contributed by atoms with E-state index < -0.39 is 0 Å². The van der Waals surface area contributed by atoms with Gasteiger partial charge in [-0.25, -0.2) is 0 Å². The molecule has 0 saturated heterocycles. The summed E-state index contributed by atoms with van der Waals surface area (Å²) in [5.74, 6) is 3.97. The summed E-state index contributed by atoms with van der Waals surface area (Å²) in [6, 6.07) is 9.01. The molecule has 1 heteroatoms. The largest absolute Gasteiger partial charge is 0.373 e. The Hall–Kier alpha value is -1.34. The number of hydrogen-bond donors (Lipinski definition) is 0. The van der Waals surface area contributed by atoms with Gasteiger partial charge in [0.2, 0.25) is 0 Å². The zero-order valence-electron chi connectivity index (χ0n) is 23.6. The summed E-state index contributed by atoms with van der Waals surface area (Å²) in [7, 11) is 0. The second-order valence-electron chi connectivity index (χ2n) is 12.0. The molecule has 2 fully saturated rings. The molecule has 0 aromatic heterocycles. The minimum absolute atomic E-state index is 0.627. The number of unbranched alkanes of at least 4 members (excludes halogenated alkanes) is 3. The van der Waals surface area contributed by atoms with Gasteiger partial charge in [0.15, 0.2) is 0 Å². The fraction of sp³-hybridized carbons (Fsp3) is 0.714. The topological polar surface area (TPSA) is 9.23 Å². The number of ether oxygens (including phenoxy) is 1. The molecule has 2 saturated carbocycles. The van der Waals surface area contributed by atoms with Crippen LogP contribution in [-0.2, 0) is 17.8 Å². The molecule has 1 aromatic carbocycles. The van der Waals surface area contributed by atoms with Crippen molar-refractivity contribution in [3.63, 3.8) is 0 Å². The first-order valence-electron chi connectivity index (χ1n) is 15.7. The van der Waals surface area contributed by atoms with E-state index in [1.165, 1.54) is 127 Å². The van der Waals surface area contributed by atoms with Crippen LogP contribution in [0.3, 0.4) is 0 Å². The van der Waals surface area contributed by atoms with Crippen LogP contribution in [0.5, 0.6) is 0 Å². The quantitative estimate of drug-likeness (QED) is 0.155. The van der Waals surface area contributed by atoms with Crippen molar-refractivity contribution in [2.45, 2.75) is 129 Å². The van der Waals surface area contributed by atoms with Crippen molar-refractivity contribution < 1.29 is 4.74 Å². The minimum Gasteiger partial charge on any atom is -0.373 e. The van der Waals surface area contributed by atoms with Gasteiger partial charge in [0.05, 0.1) is 13.2 Å². The third-order valence-corrected chi connectivity index (χ3v) is 9.05. The highest BCUT2D eigenvalue weighted by Crippen LogP contribution is 2.36. The Labute approximate surface area is 224 Å². The van der Waals surface area contributed by atoms with E-state index in [0.29, 0.717) is 13.2 Å². The van der Waals surface area contributed by atoms with Crippen molar-refractivity contribution in [3.8, 4) is 0 Å². The van der Waals surface area contributed by atoms with Gasteiger partial charge in [0, 0.05) is 0 Å². The van der Waals surface area contributed by atoms with Crippen LogP contribution >= 0.6 is 0 Å². The fourth-order valence-corrected chi connectivity index (χ4v) is 6.62. The van der Waals surface area contributed by atoms with Gasteiger partial charge in [-0.05, 0) is 79.7 Å². The lowest BCUT2D eigenvalue weighted by Crippen LogP contribution is -2.15. The Morgan fingerprint density at radius 2 is 1.28 bits per heavy atom. The molecule has 0 unspecified atom stereocenters. The van der Waals surface area contributed by atoms with Crippen molar-refractivity contribution >= 4 is 0 Å². The van der Waals surface area contributed by atoms with Gasteiger partial charge in [0.1, 0.15) is 0 Å². The first kappa shape index (κ1) is 29.2. The summed E-state index contributed by atoms with van der Waals surface area (Å²) in [5, 5.41) is 0. The van der Waals surface area contributed by atoms with E-state index in [1.807, 2.05) is 0 Å². The first-order chi connectivity index (χ1) is 17.8. The average Bonchev–Trinajstić information content (AvgIpc) is 2.92. The lowest BCUT2D eigenvalue weighted by atomic mass is 9.77. The Bertz CT molecular complexity index is 701. The molecule has 0 amide bonds. The van der Waals surface area contributed by atoms with Crippen LogP contribution in [0, 0.1) is 23.7 Å². The lowest BCUT2D eigenvalue weighted by molar-refractivity contribution is 0.149. The summed E-state index contributed by atoms with van der Waals surface area (Å²) in [4.78, 5) is 0. The summed E-state index contributed by atoms with van der Waals surface area (Å²) in [5.41, 5.74) is 2.73. The first-order valence-corrected chi connectivity index (χ1v) is 15.7. The fourth-order valence-electron chi connectivity index (χ4n) is 6.62. The van der Waals surface area contributed by atoms with Gasteiger partial charge in [-0.3, -0.25) is 0 Å². The number of hydrogen-bond acceptors (Lipinski definition) is 1. The molecule has 3 rings (SSSR count). The van der Waals surface area contributed by atoms with Crippen LogP contribution in [0.25, 0.3) is 0 Å². The van der Waals surface area contributed by atoms with E-state index in [2.05, 4.69) is 49.9 Å². The third kappa shape index (κ3) is 11.8. The number of benzene rings is 1. The molecule has 0 aliphatic heterocycles. The molecule has 0 N–H and O–H groups in total. The van der Waals surface area contributed by atoms with Crippen molar-refractivity contribution in [1.29, 1.82) is 0 Å². The second-order valence-corrected chi connectivity index (χ2v) is 12.0. The Morgan fingerprint density at radius 1 is 0.750 bits per heavy atom. The Morgan fingerprint density at radius 3 is 1.83 bits per heavy atom. The molecular weight excluding hydrogens is 436 g/mol. The molecular formula is C35H56O. The zero-order chi connectivity index (χ0) is 25.3. The molecule has 0 atom stereocenters. The Kier molecular flexibility index (Phi) is 14.6. The van der Waals surface area contributed by atoms with Crippen LogP contribution < -0.4 is 0 Å². The van der Waals surface area contributed by atoms with E-state index in [1.54, 1.807) is 6.08 Å². The molecule has 202 valence electrons. The monoisotopic (exact) mass is 492 g/mol. The Balaban J connectivity index is 1.16. The average molecular weight is 493 g/mol. The van der Waals surface area contributed by atoms with Gasteiger partial charge in [-0.1, -0.05) is 120 Å². The van der Waals surface area contributed by atoms with Crippen molar-refractivity contribution in [2.75, 3.05) is 6.61 Å². The van der Waals surface area contributed by atoms with Crippen LogP contribution in [0.4, 0.5) is 0 Å². The normalized spacial score (nSPS) is 24.8. The van der Waals surface area contributed by atoms with Crippen LogP contribution in [-0.4, -0.2) is 6.61 Å². The van der Waals surface area contributed by atoms with Gasteiger partial charge >= 0.3 is 0 Å². The van der Waals surface area contributed by atoms with E-state index in [0.717, 1.165) is 23.7 Å². The van der Waals surface area contributed by atoms with E-state index >= 15 is 0 Å². The molecule has 2 aliphatic rings. The van der Waals surface area contributed by atoms with Crippen LogP contribution in [0.2, 0.25) is 0 Å². The smallest absolute Gasteiger partial charge is 0.0721 e. The summed E-state index contributed by atoms with van der Waals surface area (Å²) in [6.07, 6.45) is 32.6.